The first-order valence-electron chi connectivity index (χ1n) is 9.82. The number of urea groups is 1. The first kappa shape index (κ1) is 19.7. The predicted molar refractivity (Wildman–Crippen MR) is 111 cm³/mol. The first-order chi connectivity index (χ1) is 13.7. The highest BCUT2D eigenvalue weighted by Crippen LogP contribution is 2.15. The molecule has 3 rings (SSSR count). The molecule has 28 heavy (non-hydrogen) atoms. The molecule has 1 heterocycles. The summed E-state index contributed by atoms with van der Waals surface area (Å²) in [6.45, 7) is 6.03. The molecule has 2 aromatic rings. The van der Waals surface area contributed by atoms with Gasteiger partial charge in [0.1, 0.15) is 0 Å². The van der Waals surface area contributed by atoms with Crippen LogP contribution in [0.25, 0.3) is 0 Å². The normalized spacial score (nSPS) is 13.9. The zero-order chi connectivity index (χ0) is 19.8. The molecule has 3 amide bonds. The van der Waals surface area contributed by atoms with E-state index in [0.29, 0.717) is 26.2 Å². The average Bonchev–Trinajstić information content (AvgIpc) is 2.77. The van der Waals surface area contributed by atoms with Crippen LogP contribution in [0.3, 0.4) is 0 Å². The molecule has 1 aliphatic rings. The van der Waals surface area contributed by atoms with Crippen molar-refractivity contribution in [2.75, 3.05) is 44.2 Å². The second-order valence-corrected chi connectivity index (χ2v) is 6.86. The highest BCUT2D eigenvalue weighted by atomic mass is 16.2. The van der Waals surface area contributed by atoms with Crippen molar-refractivity contribution in [3.63, 3.8) is 0 Å². The summed E-state index contributed by atoms with van der Waals surface area (Å²) in [5, 5.41) is 2.78. The molecule has 0 radical (unpaired) electrons. The Kier molecular flexibility index (Phi) is 6.89. The molecule has 0 unspecified atom stereocenters. The maximum atomic E-state index is 12.5. The van der Waals surface area contributed by atoms with E-state index in [1.165, 1.54) is 5.69 Å². The minimum Gasteiger partial charge on any atom is -0.368 e. The number of nitrogens with zero attached hydrogens (tertiary/aromatic N) is 3. The lowest BCUT2D eigenvalue weighted by Crippen LogP contribution is -2.53. The zero-order valence-corrected chi connectivity index (χ0v) is 16.4. The van der Waals surface area contributed by atoms with Crippen molar-refractivity contribution in [2.24, 2.45) is 0 Å². The number of hydrogen-bond donors (Lipinski definition) is 1. The molecule has 0 spiro atoms. The van der Waals surface area contributed by atoms with Gasteiger partial charge in [-0.2, -0.15) is 0 Å². The summed E-state index contributed by atoms with van der Waals surface area (Å²) in [5.41, 5.74) is 2.26. The molecule has 6 heteroatoms. The van der Waals surface area contributed by atoms with Crippen LogP contribution < -0.4 is 10.2 Å². The molecule has 2 aromatic carbocycles. The number of carbonyl (C=O) groups is 2. The Morgan fingerprint density at radius 3 is 2.14 bits per heavy atom. The molecule has 0 aromatic heterocycles. The van der Waals surface area contributed by atoms with Gasteiger partial charge >= 0.3 is 6.03 Å². The molecular formula is C22H28N4O2. The van der Waals surface area contributed by atoms with Crippen molar-refractivity contribution in [3.05, 3.63) is 66.2 Å². The van der Waals surface area contributed by atoms with E-state index < -0.39 is 0 Å². The number of rotatable bonds is 6. The Labute approximate surface area is 166 Å². The van der Waals surface area contributed by atoms with Crippen LogP contribution in [0.5, 0.6) is 0 Å². The SMILES string of the molecule is CCN(Cc1ccccc1)C(=O)CNC(=O)N1CCN(c2ccccc2)CC1. The van der Waals surface area contributed by atoms with E-state index in [-0.39, 0.29) is 18.5 Å². The first-order valence-corrected chi connectivity index (χ1v) is 9.82. The van der Waals surface area contributed by atoms with Gasteiger partial charge in [-0.05, 0) is 24.6 Å². The summed E-state index contributed by atoms with van der Waals surface area (Å²) in [6, 6.07) is 19.9. The van der Waals surface area contributed by atoms with Gasteiger partial charge in [0.05, 0.1) is 6.54 Å². The minimum atomic E-state index is -0.170. The summed E-state index contributed by atoms with van der Waals surface area (Å²) >= 11 is 0. The van der Waals surface area contributed by atoms with Gasteiger partial charge in [0.25, 0.3) is 0 Å². The molecule has 0 bridgehead atoms. The number of nitrogens with one attached hydrogen (secondary N) is 1. The maximum Gasteiger partial charge on any atom is 0.317 e. The van der Waals surface area contributed by atoms with Crippen LogP contribution in [0.4, 0.5) is 10.5 Å². The van der Waals surface area contributed by atoms with Crippen molar-refractivity contribution in [3.8, 4) is 0 Å². The molecule has 1 aliphatic heterocycles. The van der Waals surface area contributed by atoms with Crippen molar-refractivity contribution >= 4 is 17.6 Å². The second-order valence-electron chi connectivity index (χ2n) is 6.86. The van der Waals surface area contributed by atoms with E-state index in [0.717, 1.165) is 18.7 Å². The Morgan fingerprint density at radius 1 is 0.929 bits per heavy atom. The quantitative estimate of drug-likeness (QED) is 0.838. The second kappa shape index (κ2) is 9.78. The largest absolute Gasteiger partial charge is 0.368 e. The highest BCUT2D eigenvalue weighted by Gasteiger charge is 2.22. The van der Waals surface area contributed by atoms with E-state index in [1.54, 1.807) is 9.80 Å². The number of likely N-dealkylation sites (N-methyl/N-ethyl adjacent to an activating group) is 1. The van der Waals surface area contributed by atoms with E-state index >= 15 is 0 Å². The van der Waals surface area contributed by atoms with Crippen molar-refractivity contribution in [2.45, 2.75) is 13.5 Å². The van der Waals surface area contributed by atoms with Crippen molar-refractivity contribution in [1.82, 2.24) is 15.1 Å². The van der Waals surface area contributed by atoms with Gasteiger partial charge in [-0.1, -0.05) is 48.5 Å². The van der Waals surface area contributed by atoms with Gasteiger partial charge in [0.15, 0.2) is 0 Å². The number of para-hydroxylation sites is 1. The summed E-state index contributed by atoms with van der Waals surface area (Å²) < 4.78 is 0. The predicted octanol–water partition coefficient (Wildman–Crippen LogP) is 2.57. The molecule has 0 saturated carbocycles. The molecule has 1 N–H and O–H groups in total. The smallest absolute Gasteiger partial charge is 0.317 e. The lowest BCUT2D eigenvalue weighted by molar-refractivity contribution is -0.130. The van der Waals surface area contributed by atoms with Crippen LogP contribution in [0.2, 0.25) is 0 Å². The molecule has 0 atom stereocenters. The third-order valence-electron chi connectivity index (χ3n) is 5.03. The Balaban J connectivity index is 1.44. The number of benzene rings is 2. The lowest BCUT2D eigenvalue weighted by Gasteiger charge is -2.36. The monoisotopic (exact) mass is 380 g/mol. The maximum absolute atomic E-state index is 12.5. The Bertz CT molecular complexity index is 759. The van der Waals surface area contributed by atoms with Gasteiger partial charge < -0.3 is 20.0 Å². The van der Waals surface area contributed by atoms with Gasteiger partial charge in [-0.25, -0.2) is 4.79 Å². The number of carbonyl (C=O) groups excluding carboxylic acids is 2. The van der Waals surface area contributed by atoms with Crippen LogP contribution in [0.15, 0.2) is 60.7 Å². The summed E-state index contributed by atoms with van der Waals surface area (Å²) in [5.74, 6) is -0.0670. The third-order valence-corrected chi connectivity index (χ3v) is 5.03. The van der Waals surface area contributed by atoms with Gasteiger partial charge in [-0.3, -0.25) is 4.79 Å². The van der Waals surface area contributed by atoms with E-state index in [1.807, 2.05) is 55.5 Å². The molecule has 6 nitrogen and oxygen atoms in total. The zero-order valence-electron chi connectivity index (χ0n) is 16.4. The van der Waals surface area contributed by atoms with E-state index in [4.69, 9.17) is 0 Å². The van der Waals surface area contributed by atoms with Crippen LogP contribution in [0, 0.1) is 0 Å². The molecule has 1 fully saturated rings. The van der Waals surface area contributed by atoms with Gasteiger partial charge in [-0.15, -0.1) is 0 Å². The van der Waals surface area contributed by atoms with E-state index in [9.17, 15) is 9.59 Å². The fourth-order valence-electron chi connectivity index (χ4n) is 3.36. The third kappa shape index (κ3) is 5.25. The average molecular weight is 380 g/mol. The number of amides is 3. The Morgan fingerprint density at radius 2 is 1.54 bits per heavy atom. The minimum absolute atomic E-state index is 0.0262. The fourth-order valence-corrected chi connectivity index (χ4v) is 3.36. The molecular weight excluding hydrogens is 352 g/mol. The number of piperazine rings is 1. The van der Waals surface area contributed by atoms with E-state index in [2.05, 4.69) is 22.3 Å². The Hall–Kier alpha value is -3.02. The topological polar surface area (TPSA) is 55.9 Å². The van der Waals surface area contributed by atoms with Crippen LogP contribution in [-0.2, 0) is 11.3 Å². The summed E-state index contributed by atoms with van der Waals surface area (Å²) in [7, 11) is 0. The fraction of sp³-hybridized carbons (Fsp3) is 0.364. The molecule has 0 aliphatic carbocycles. The van der Waals surface area contributed by atoms with Gasteiger partial charge in [0, 0.05) is 45.0 Å². The van der Waals surface area contributed by atoms with Crippen LogP contribution >= 0.6 is 0 Å². The summed E-state index contributed by atoms with van der Waals surface area (Å²) in [6.07, 6.45) is 0. The van der Waals surface area contributed by atoms with Crippen LogP contribution in [-0.4, -0.2) is 61.0 Å². The number of anilines is 1. The molecule has 1 saturated heterocycles. The van der Waals surface area contributed by atoms with Gasteiger partial charge in [0.2, 0.25) is 5.91 Å². The standard InChI is InChI=1S/C22H28N4O2/c1-2-24(18-19-9-5-3-6-10-19)21(27)17-23-22(28)26-15-13-25(14-16-26)20-11-7-4-8-12-20/h3-12H,2,13-18H2,1H3,(H,23,28). The van der Waals surface area contributed by atoms with Crippen LogP contribution in [0.1, 0.15) is 12.5 Å². The molecule has 148 valence electrons. The highest BCUT2D eigenvalue weighted by molar-refractivity contribution is 5.84. The lowest BCUT2D eigenvalue weighted by atomic mass is 10.2. The summed E-state index contributed by atoms with van der Waals surface area (Å²) in [4.78, 5) is 30.7. The van der Waals surface area contributed by atoms with Crippen molar-refractivity contribution in [1.29, 1.82) is 0 Å². The number of hydrogen-bond acceptors (Lipinski definition) is 3. The van der Waals surface area contributed by atoms with Crippen molar-refractivity contribution < 1.29 is 9.59 Å².